The molecule has 0 aliphatic carbocycles. The molecule has 0 aliphatic rings. The molecule has 0 bridgehead atoms. The van der Waals surface area contributed by atoms with Crippen LogP contribution in [0.4, 0.5) is 45.5 Å². The number of benzene rings is 18. The van der Waals surface area contributed by atoms with E-state index in [0.29, 0.717) is 11.4 Å². The molecule has 0 saturated carbocycles. The van der Waals surface area contributed by atoms with Crippen LogP contribution in [0.3, 0.4) is 0 Å². The molecule has 18 aromatic carbocycles. The summed E-state index contributed by atoms with van der Waals surface area (Å²) in [6.45, 7) is 14.8. The molecule has 0 spiro atoms. The van der Waals surface area contributed by atoms with Crippen molar-refractivity contribution >= 4 is 143 Å². The third-order valence-electron chi connectivity index (χ3n) is 22.9. The van der Waals surface area contributed by atoms with Crippen molar-refractivity contribution in [1.29, 1.82) is 0 Å². The summed E-state index contributed by atoms with van der Waals surface area (Å²) in [5.74, 6) is 0. The van der Waals surface area contributed by atoms with Gasteiger partial charge in [-0.1, -0.05) is 255 Å². The maximum absolute atomic E-state index is 7.41. The van der Waals surface area contributed by atoms with Gasteiger partial charge in [0.1, 0.15) is 11.2 Å². The number of rotatable bonds is 14. The van der Waals surface area contributed by atoms with Gasteiger partial charge in [0.25, 0.3) is 0 Å². The first kappa shape index (κ1) is 70.1. The summed E-state index contributed by atoms with van der Waals surface area (Å²) in [4.78, 5) is 11.9. The Morgan fingerprint density at radius 3 is 0.915 bits per heavy atom. The Labute approximate surface area is 686 Å². The fourth-order valence-corrected chi connectivity index (χ4v) is 18.1. The number of para-hydroxylation sites is 3. The summed E-state index contributed by atoms with van der Waals surface area (Å²) in [6, 6.07) is 151. The van der Waals surface area contributed by atoms with E-state index in [2.05, 4.69) is 393 Å². The van der Waals surface area contributed by atoms with E-state index in [1.807, 2.05) is 72.0 Å². The minimum absolute atomic E-state index is 0.637. The third kappa shape index (κ3) is 12.9. The second kappa shape index (κ2) is 29.9. The topological polar surface area (TPSA) is 38.2 Å². The standard InChI is InChI=1S/C55H35N3O.C55H35N3S/c2*1-56-43-23-31-47(32-24-43)58-52-13-7-5-11-48(52)50-35-41(21-33-53(50)58)39-17-27-45(28-18-39)57(44-25-15-38(16-26-44)37-9-3-2-4-10-37)46-29-19-40(20-30-46)42-22-34-55-51(36-42)49-12-6-8-14-54(49)59-55/h2*2-36H. The van der Waals surface area contributed by atoms with Gasteiger partial charge in [0, 0.05) is 98.0 Å². The summed E-state index contributed by atoms with van der Waals surface area (Å²) in [6.07, 6.45) is 0. The first-order valence-electron chi connectivity index (χ1n) is 39.5. The molecule has 7 nitrogen and oxygen atoms in total. The zero-order valence-electron chi connectivity index (χ0n) is 63.9. The summed E-state index contributed by atoms with van der Waals surface area (Å²) >= 11 is 1.85. The van der Waals surface area contributed by atoms with Crippen molar-refractivity contribution in [2.45, 2.75) is 0 Å². The quantitative estimate of drug-likeness (QED) is 0.102. The highest BCUT2D eigenvalue weighted by molar-refractivity contribution is 7.25. The molecule has 8 heteroatoms. The molecule has 552 valence electrons. The molecule has 0 radical (unpaired) electrons. The van der Waals surface area contributed by atoms with Gasteiger partial charge in [-0.05, 0) is 237 Å². The highest BCUT2D eigenvalue weighted by Crippen LogP contribution is 2.45. The van der Waals surface area contributed by atoms with Crippen molar-refractivity contribution in [1.82, 2.24) is 9.13 Å². The largest absolute Gasteiger partial charge is 0.456 e. The van der Waals surface area contributed by atoms with Crippen LogP contribution in [0, 0.1) is 13.1 Å². The Bertz CT molecular complexity index is 7170. The van der Waals surface area contributed by atoms with Crippen molar-refractivity contribution in [2.75, 3.05) is 9.80 Å². The molecule has 0 atom stereocenters. The summed E-state index contributed by atoms with van der Waals surface area (Å²) in [5.41, 5.74) is 30.3. The van der Waals surface area contributed by atoms with E-state index < -0.39 is 0 Å². The fraction of sp³-hybridized carbons (Fsp3) is 0. The van der Waals surface area contributed by atoms with E-state index in [4.69, 9.17) is 17.6 Å². The van der Waals surface area contributed by atoms with Gasteiger partial charge in [0.05, 0.1) is 35.2 Å². The molecule has 118 heavy (non-hydrogen) atoms. The lowest BCUT2D eigenvalue weighted by Crippen LogP contribution is -2.09. The highest BCUT2D eigenvalue weighted by atomic mass is 32.1. The lowest BCUT2D eigenvalue weighted by atomic mass is 10.0. The molecule has 0 N–H and O–H groups in total. The van der Waals surface area contributed by atoms with Gasteiger partial charge in [0.2, 0.25) is 0 Å². The predicted molar refractivity (Wildman–Crippen MR) is 496 cm³/mol. The smallest absolute Gasteiger partial charge is 0.187 e. The summed E-state index contributed by atoms with van der Waals surface area (Å²) < 4.78 is 13.3. The van der Waals surface area contributed by atoms with E-state index in [9.17, 15) is 0 Å². The van der Waals surface area contributed by atoms with E-state index in [1.165, 1.54) is 75.1 Å². The Morgan fingerprint density at radius 2 is 0.500 bits per heavy atom. The predicted octanol–water partition coefficient (Wildman–Crippen LogP) is 31.9. The van der Waals surface area contributed by atoms with Crippen LogP contribution in [-0.2, 0) is 0 Å². The van der Waals surface area contributed by atoms with Gasteiger partial charge >= 0.3 is 0 Å². The van der Waals surface area contributed by atoms with Crippen LogP contribution in [0.1, 0.15) is 0 Å². The van der Waals surface area contributed by atoms with Crippen LogP contribution in [0.15, 0.2) is 429 Å². The normalized spacial score (nSPS) is 11.4. The van der Waals surface area contributed by atoms with Crippen molar-refractivity contribution < 1.29 is 4.42 Å². The first-order chi connectivity index (χ1) is 58.4. The molecule has 0 saturated heterocycles. The summed E-state index contributed by atoms with van der Waals surface area (Å²) in [7, 11) is 0. The minimum atomic E-state index is 0.637. The first-order valence-corrected chi connectivity index (χ1v) is 40.4. The number of fused-ring (bicyclic) bond motifs is 12. The number of hydrogen-bond donors (Lipinski definition) is 0. The molecular weight excluding hydrogens is 1450 g/mol. The van der Waals surface area contributed by atoms with Crippen LogP contribution in [-0.4, -0.2) is 9.13 Å². The van der Waals surface area contributed by atoms with Crippen LogP contribution in [0.2, 0.25) is 0 Å². The highest BCUT2D eigenvalue weighted by Gasteiger charge is 2.21. The number of thiophene rings is 1. The molecular formula is C110H70N6OS. The molecule has 22 rings (SSSR count). The summed E-state index contributed by atoms with van der Waals surface area (Å²) in [5, 5.41) is 9.67. The zero-order valence-corrected chi connectivity index (χ0v) is 64.7. The average molecular weight is 1520 g/mol. The molecule has 0 fully saturated rings. The lowest BCUT2D eigenvalue weighted by Gasteiger charge is -2.26. The minimum Gasteiger partial charge on any atom is -0.456 e. The number of hydrogen-bond acceptors (Lipinski definition) is 4. The van der Waals surface area contributed by atoms with Gasteiger partial charge in [-0.15, -0.1) is 11.3 Å². The van der Waals surface area contributed by atoms with Crippen molar-refractivity contribution in [3.63, 3.8) is 0 Å². The van der Waals surface area contributed by atoms with Crippen molar-refractivity contribution in [2.24, 2.45) is 0 Å². The van der Waals surface area contributed by atoms with Crippen LogP contribution in [0.5, 0.6) is 0 Å². The number of furan rings is 1. The van der Waals surface area contributed by atoms with Crippen LogP contribution in [0.25, 0.3) is 174 Å². The van der Waals surface area contributed by atoms with E-state index in [0.717, 1.165) is 123 Å². The number of aromatic nitrogens is 2. The second-order valence-corrected chi connectivity index (χ2v) is 30.8. The number of nitrogens with zero attached hydrogens (tertiary/aromatic N) is 6. The maximum atomic E-state index is 7.41. The molecule has 0 unspecified atom stereocenters. The van der Waals surface area contributed by atoms with Gasteiger partial charge in [0.15, 0.2) is 11.4 Å². The zero-order chi connectivity index (χ0) is 78.6. The monoisotopic (exact) mass is 1520 g/mol. The van der Waals surface area contributed by atoms with Crippen molar-refractivity contribution in [3.05, 3.63) is 447 Å². The Balaban J connectivity index is 0.000000147. The Hall–Kier alpha value is -15.8. The maximum Gasteiger partial charge on any atom is 0.187 e. The molecule has 0 amide bonds. The van der Waals surface area contributed by atoms with E-state index in [-0.39, 0.29) is 0 Å². The molecule has 22 aromatic rings. The number of anilines is 6. The van der Waals surface area contributed by atoms with Gasteiger partial charge in [-0.25, -0.2) is 9.69 Å². The molecule has 4 aromatic heterocycles. The van der Waals surface area contributed by atoms with E-state index in [1.54, 1.807) is 0 Å². The van der Waals surface area contributed by atoms with Gasteiger partial charge in [-0.3, -0.25) is 0 Å². The van der Waals surface area contributed by atoms with Crippen LogP contribution >= 0.6 is 11.3 Å². The molecule has 4 heterocycles. The Kier molecular flexibility index (Phi) is 17.8. The molecule has 0 aliphatic heterocycles. The van der Waals surface area contributed by atoms with Gasteiger partial charge in [-0.2, -0.15) is 0 Å². The Morgan fingerprint density at radius 1 is 0.212 bits per heavy atom. The fourth-order valence-electron chi connectivity index (χ4n) is 17.0. The lowest BCUT2D eigenvalue weighted by molar-refractivity contribution is 0.669. The van der Waals surface area contributed by atoms with Crippen LogP contribution < -0.4 is 9.80 Å². The van der Waals surface area contributed by atoms with Crippen molar-refractivity contribution in [3.8, 4) is 78.1 Å². The second-order valence-electron chi connectivity index (χ2n) is 29.7. The SMILES string of the molecule is [C-]#[N+]c1ccc(-n2c3ccccc3c3cc(-c4ccc(N(c5ccc(-c6ccccc6)cc5)c5ccc(-c6ccc7oc8ccccc8c7c6)cc5)cc4)ccc32)cc1.[C-]#[N+]c1ccc(-n2c3ccccc3c3cc(-c4ccc(N(c5ccc(-c6ccccc6)cc5)c5ccc(-c6ccc7sc8ccccc8c7c6)cc5)cc4)ccc32)cc1. The van der Waals surface area contributed by atoms with E-state index >= 15 is 0 Å². The average Bonchev–Trinajstić information content (AvgIpc) is 1.59. The third-order valence-corrected chi connectivity index (χ3v) is 24.0. The van der Waals surface area contributed by atoms with Gasteiger partial charge < -0.3 is 23.4 Å².